The van der Waals surface area contributed by atoms with Crippen LogP contribution in [0.15, 0.2) is 41.3 Å². The number of hydrogen-bond acceptors (Lipinski definition) is 3. The number of benzene rings is 2. The molecule has 3 N–H and O–H groups in total. The summed E-state index contributed by atoms with van der Waals surface area (Å²) in [5.41, 5.74) is 7.15. The Morgan fingerprint density at radius 2 is 2.10 bits per heavy atom. The van der Waals surface area contributed by atoms with E-state index >= 15 is 0 Å². The van der Waals surface area contributed by atoms with Crippen LogP contribution in [-0.4, -0.2) is 11.7 Å². The summed E-state index contributed by atoms with van der Waals surface area (Å²) in [5.74, 6) is -0.391. The highest BCUT2D eigenvalue weighted by Crippen LogP contribution is 2.28. The molecule has 0 fully saturated rings. The third-order valence-electron chi connectivity index (χ3n) is 2.77. The van der Waals surface area contributed by atoms with Crippen molar-refractivity contribution in [3.05, 3.63) is 52.8 Å². The van der Waals surface area contributed by atoms with E-state index in [-0.39, 0.29) is 17.5 Å². The molecule has 21 heavy (non-hydrogen) atoms. The van der Waals surface area contributed by atoms with Gasteiger partial charge >= 0.3 is 0 Å². The van der Waals surface area contributed by atoms with Gasteiger partial charge in [0.25, 0.3) is 0 Å². The SMILES string of the molecule is Cc1ccc(NC(=O)CSc2ccc(N)cc2Cl)cc1F. The van der Waals surface area contributed by atoms with Gasteiger partial charge < -0.3 is 11.1 Å². The van der Waals surface area contributed by atoms with Crippen molar-refractivity contribution >= 4 is 40.6 Å². The van der Waals surface area contributed by atoms with Gasteiger partial charge in [0.15, 0.2) is 0 Å². The number of anilines is 2. The molecule has 0 aliphatic rings. The molecule has 0 aliphatic carbocycles. The molecule has 0 aliphatic heterocycles. The average molecular weight is 325 g/mol. The van der Waals surface area contributed by atoms with Gasteiger partial charge in [-0.2, -0.15) is 0 Å². The molecule has 0 bridgehead atoms. The van der Waals surface area contributed by atoms with Gasteiger partial charge in [0, 0.05) is 16.3 Å². The lowest BCUT2D eigenvalue weighted by Gasteiger charge is -2.07. The second kappa shape index (κ2) is 6.83. The van der Waals surface area contributed by atoms with Crippen LogP contribution in [0.25, 0.3) is 0 Å². The molecule has 2 aromatic rings. The van der Waals surface area contributed by atoms with Crippen molar-refractivity contribution in [1.82, 2.24) is 0 Å². The molecule has 0 heterocycles. The molecule has 3 nitrogen and oxygen atoms in total. The zero-order valence-electron chi connectivity index (χ0n) is 11.3. The number of amides is 1. The summed E-state index contributed by atoms with van der Waals surface area (Å²) < 4.78 is 13.4. The summed E-state index contributed by atoms with van der Waals surface area (Å²) in [7, 11) is 0. The van der Waals surface area contributed by atoms with Crippen LogP contribution in [-0.2, 0) is 4.79 Å². The fourth-order valence-electron chi connectivity index (χ4n) is 1.65. The Kier molecular flexibility index (Phi) is 5.09. The highest BCUT2D eigenvalue weighted by atomic mass is 35.5. The van der Waals surface area contributed by atoms with Gasteiger partial charge in [-0.05, 0) is 42.8 Å². The minimum absolute atomic E-state index is 0.180. The van der Waals surface area contributed by atoms with Crippen molar-refractivity contribution in [3.8, 4) is 0 Å². The van der Waals surface area contributed by atoms with Gasteiger partial charge in [0.1, 0.15) is 5.82 Å². The number of nitrogens with two attached hydrogens (primary N) is 1. The predicted octanol–water partition coefficient (Wildman–Crippen LogP) is 4.10. The fourth-order valence-corrected chi connectivity index (χ4v) is 2.72. The lowest BCUT2D eigenvalue weighted by molar-refractivity contribution is -0.113. The predicted molar refractivity (Wildman–Crippen MR) is 86.4 cm³/mol. The van der Waals surface area contributed by atoms with E-state index in [0.717, 1.165) is 4.90 Å². The van der Waals surface area contributed by atoms with Gasteiger partial charge in [-0.1, -0.05) is 17.7 Å². The summed E-state index contributed by atoms with van der Waals surface area (Å²) in [6.07, 6.45) is 0. The third-order valence-corrected chi connectivity index (χ3v) is 4.27. The molecule has 0 atom stereocenters. The number of carbonyl (C=O) groups excluding carboxylic acids is 1. The smallest absolute Gasteiger partial charge is 0.234 e. The number of rotatable bonds is 4. The lowest BCUT2D eigenvalue weighted by atomic mass is 10.2. The van der Waals surface area contributed by atoms with Crippen molar-refractivity contribution in [2.75, 3.05) is 16.8 Å². The Morgan fingerprint density at radius 1 is 1.33 bits per heavy atom. The third kappa shape index (κ3) is 4.37. The number of halogens is 2. The second-order valence-electron chi connectivity index (χ2n) is 4.49. The van der Waals surface area contributed by atoms with E-state index in [9.17, 15) is 9.18 Å². The number of nitrogens with one attached hydrogen (secondary N) is 1. The summed E-state index contributed by atoms with van der Waals surface area (Å²) in [6.45, 7) is 1.67. The molecule has 0 saturated heterocycles. The molecule has 0 spiro atoms. The standard InChI is InChI=1S/C15H14ClFN2OS/c1-9-2-4-11(7-13(9)17)19-15(20)8-21-14-5-3-10(18)6-12(14)16/h2-7H,8,18H2,1H3,(H,19,20). The maximum Gasteiger partial charge on any atom is 0.234 e. The summed E-state index contributed by atoms with van der Waals surface area (Å²) >= 11 is 7.33. The minimum atomic E-state index is -0.345. The van der Waals surface area contributed by atoms with Crippen molar-refractivity contribution < 1.29 is 9.18 Å². The van der Waals surface area contributed by atoms with Crippen LogP contribution in [0, 0.1) is 12.7 Å². The molecule has 0 saturated carbocycles. The topological polar surface area (TPSA) is 55.1 Å². The first kappa shape index (κ1) is 15.7. The van der Waals surface area contributed by atoms with Gasteiger partial charge in [0.2, 0.25) is 5.91 Å². The Hall–Kier alpha value is -1.72. The zero-order valence-corrected chi connectivity index (χ0v) is 12.9. The first-order chi connectivity index (χ1) is 9.95. The Bertz CT molecular complexity index is 679. The molecule has 2 rings (SSSR count). The monoisotopic (exact) mass is 324 g/mol. The zero-order chi connectivity index (χ0) is 15.4. The van der Waals surface area contributed by atoms with Crippen LogP contribution < -0.4 is 11.1 Å². The average Bonchev–Trinajstić information content (AvgIpc) is 2.42. The minimum Gasteiger partial charge on any atom is -0.399 e. The van der Waals surface area contributed by atoms with Crippen molar-refractivity contribution in [2.24, 2.45) is 0 Å². The Balaban J connectivity index is 1.94. The van der Waals surface area contributed by atoms with Crippen molar-refractivity contribution in [1.29, 1.82) is 0 Å². The Labute approximate surface area is 131 Å². The van der Waals surface area contributed by atoms with Crippen LogP contribution in [0.1, 0.15) is 5.56 Å². The van der Waals surface area contributed by atoms with E-state index < -0.39 is 0 Å². The molecule has 110 valence electrons. The summed E-state index contributed by atoms with van der Waals surface area (Å²) in [4.78, 5) is 12.6. The van der Waals surface area contributed by atoms with E-state index in [2.05, 4.69) is 5.32 Å². The normalized spacial score (nSPS) is 10.4. The van der Waals surface area contributed by atoms with Crippen molar-refractivity contribution in [3.63, 3.8) is 0 Å². The summed E-state index contributed by atoms with van der Waals surface area (Å²) in [5, 5.41) is 3.15. The molecule has 6 heteroatoms. The van der Waals surface area contributed by atoms with Crippen LogP contribution in [0.2, 0.25) is 5.02 Å². The molecule has 0 radical (unpaired) electrons. The van der Waals surface area contributed by atoms with Crippen LogP contribution in [0.5, 0.6) is 0 Å². The number of carbonyl (C=O) groups is 1. The van der Waals surface area contributed by atoms with E-state index in [1.165, 1.54) is 17.8 Å². The van der Waals surface area contributed by atoms with E-state index in [4.69, 9.17) is 17.3 Å². The number of hydrogen-bond donors (Lipinski definition) is 2. The van der Waals surface area contributed by atoms with E-state index in [0.29, 0.717) is 22.0 Å². The molecule has 0 aromatic heterocycles. The van der Waals surface area contributed by atoms with Gasteiger partial charge in [-0.3, -0.25) is 4.79 Å². The fraction of sp³-hybridized carbons (Fsp3) is 0.133. The lowest BCUT2D eigenvalue weighted by Crippen LogP contribution is -2.14. The molecular weight excluding hydrogens is 311 g/mol. The van der Waals surface area contributed by atoms with Gasteiger partial charge in [-0.25, -0.2) is 4.39 Å². The maximum absolute atomic E-state index is 13.4. The van der Waals surface area contributed by atoms with Crippen molar-refractivity contribution in [2.45, 2.75) is 11.8 Å². The van der Waals surface area contributed by atoms with Gasteiger partial charge in [0.05, 0.1) is 10.8 Å². The van der Waals surface area contributed by atoms with E-state index in [1.807, 2.05) is 0 Å². The highest BCUT2D eigenvalue weighted by Gasteiger charge is 2.08. The maximum atomic E-state index is 13.4. The van der Waals surface area contributed by atoms with Crippen LogP contribution in [0.4, 0.5) is 15.8 Å². The number of aryl methyl sites for hydroxylation is 1. The molecule has 2 aromatic carbocycles. The number of nitrogen functional groups attached to an aromatic ring is 1. The van der Waals surface area contributed by atoms with Gasteiger partial charge in [-0.15, -0.1) is 11.8 Å². The summed E-state index contributed by atoms with van der Waals surface area (Å²) in [6, 6.07) is 9.71. The first-order valence-electron chi connectivity index (χ1n) is 6.19. The Morgan fingerprint density at radius 3 is 2.76 bits per heavy atom. The largest absolute Gasteiger partial charge is 0.399 e. The quantitative estimate of drug-likeness (QED) is 0.657. The second-order valence-corrected chi connectivity index (χ2v) is 5.92. The van der Waals surface area contributed by atoms with Crippen LogP contribution in [0.3, 0.4) is 0 Å². The molecule has 0 unspecified atom stereocenters. The highest BCUT2D eigenvalue weighted by molar-refractivity contribution is 8.00. The van der Waals surface area contributed by atoms with E-state index in [1.54, 1.807) is 37.3 Å². The molecular formula is C15H14ClFN2OS. The first-order valence-corrected chi connectivity index (χ1v) is 7.56. The van der Waals surface area contributed by atoms with Crippen LogP contribution >= 0.6 is 23.4 Å². The molecule has 1 amide bonds. The number of thioether (sulfide) groups is 1.